The van der Waals surface area contributed by atoms with Gasteiger partial charge in [0.25, 0.3) is 0 Å². The average Bonchev–Trinajstić information content (AvgIpc) is 2.15. The number of hydrogen-bond acceptors (Lipinski definition) is 5. The van der Waals surface area contributed by atoms with Crippen LogP contribution in [0.1, 0.15) is 40.0 Å². The van der Waals surface area contributed by atoms with Crippen LogP contribution in [0.4, 0.5) is 0 Å². The van der Waals surface area contributed by atoms with Crippen LogP contribution in [0.25, 0.3) is 0 Å². The molecule has 1 saturated heterocycles. The molecule has 88 valence electrons. The Morgan fingerprint density at radius 2 is 2.20 bits per heavy atom. The molecule has 1 rings (SSSR count). The van der Waals surface area contributed by atoms with Gasteiger partial charge in [-0.15, -0.1) is 0 Å². The molecule has 15 heavy (non-hydrogen) atoms. The van der Waals surface area contributed by atoms with Crippen LogP contribution in [-0.2, 0) is 24.0 Å². The van der Waals surface area contributed by atoms with Gasteiger partial charge in [0.2, 0.25) is 5.79 Å². The van der Waals surface area contributed by atoms with Crippen LogP contribution in [0.2, 0.25) is 0 Å². The lowest BCUT2D eigenvalue weighted by atomic mass is 10.2. The van der Waals surface area contributed by atoms with E-state index in [2.05, 4.69) is 0 Å². The van der Waals surface area contributed by atoms with Gasteiger partial charge >= 0.3 is 5.97 Å². The first-order chi connectivity index (χ1) is 6.99. The van der Waals surface area contributed by atoms with Crippen molar-refractivity contribution in [2.75, 3.05) is 6.61 Å². The van der Waals surface area contributed by atoms with Crippen LogP contribution in [0, 0.1) is 0 Å². The van der Waals surface area contributed by atoms with Crippen LogP contribution < -0.4 is 0 Å². The van der Waals surface area contributed by atoms with E-state index in [1.54, 1.807) is 13.8 Å². The van der Waals surface area contributed by atoms with Crippen molar-refractivity contribution in [2.24, 2.45) is 0 Å². The van der Waals surface area contributed by atoms with Gasteiger partial charge in [-0.05, 0) is 12.8 Å². The molecule has 1 unspecified atom stereocenters. The zero-order chi connectivity index (χ0) is 11.3. The third-order valence-electron chi connectivity index (χ3n) is 1.88. The summed E-state index contributed by atoms with van der Waals surface area (Å²) in [5.74, 6) is -1.49. The van der Waals surface area contributed by atoms with Gasteiger partial charge in [0, 0.05) is 33.8 Å². The van der Waals surface area contributed by atoms with E-state index in [9.17, 15) is 4.79 Å². The third-order valence-corrected chi connectivity index (χ3v) is 1.88. The predicted octanol–water partition coefficient (Wildman–Crippen LogP) is 1.76. The molecule has 1 atom stereocenters. The van der Waals surface area contributed by atoms with Crippen molar-refractivity contribution in [3.05, 3.63) is 0 Å². The minimum Gasteiger partial charge on any atom is -0.431 e. The standard InChI is InChI=1S/C10H18O5/c1-8(11)13-10(2,3)15-14-9-6-4-5-7-12-9/h9H,4-7H2,1-3H3/i14+2. The normalized spacial score (nSPS) is 22.5. The Hall–Kier alpha value is -0.650. The largest absolute Gasteiger partial charge is 0.431 e. The fourth-order valence-electron chi connectivity index (χ4n) is 1.32. The molecule has 0 aliphatic carbocycles. The molecule has 0 aromatic heterocycles. The Morgan fingerprint density at radius 1 is 1.47 bits per heavy atom. The van der Waals surface area contributed by atoms with Gasteiger partial charge in [0.05, 0.1) is 0 Å². The van der Waals surface area contributed by atoms with Crippen LogP contribution in [0.5, 0.6) is 0 Å². The van der Waals surface area contributed by atoms with Gasteiger partial charge in [0.1, 0.15) is 0 Å². The van der Waals surface area contributed by atoms with E-state index < -0.39 is 11.8 Å². The maximum Gasteiger partial charge on any atom is 0.305 e. The average molecular weight is 220 g/mol. The number of carbonyl (C=O) groups excluding carboxylic acids is 1. The summed E-state index contributed by atoms with van der Waals surface area (Å²) in [5, 5.41) is 0. The molecule has 1 heterocycles. The van der Waals surface area contributed by atoms with Crippen molar-refractivity contribution in [3.63, 3.8) is 0 Å². The third kappa shape index (κ3) is 5.11. The Balaban J connectivity index is 2.24. The van der Waals surface area contributed by atoms with E-state index in [1.807, 2.05) is 0 Å². The van der Waals surface area contributed by atoms with Crippen LogP contribution in [0.15, 0.2) is 0 Å². The highest BCUT2D eigenvalue weighted by atomic mass is 18.6. The molecular formula is C10H18O5. The molecule has 5 nitrogen and oxygen atoms in total. The van der Waals surface area contributed by atoms with Gasteiger partial charge in [-0.3, -0.25) is 4.79 Å². The highest BCUT2D eigenvalue weighted by molar-refractivity contribution is 5.66. The lowest BCUT2D eigenvalue weighted by Gasteiger charge is -2.27. The lowest BCUT2D eigenvalue weighted by Crippen LogP contribution is -2.34. The predicted molar refractivity (Wildman–Crippen MR) is 51.6 cm³/mol. The minimum absolute atomic E-state index is 0.353. The van der Waals surface area contributed by atoms with Gasteiger partial charge in [-0.1, -0.05) is 0 Å². The maximum atomic E-state index is 10.7. The van der Waals surface area contributed by atoms with Crippen molar-refractivity contribution in [3.8, 4) is 0 Å². The Morgan fingerprint density at radius 3 is 2.73 bits per heavy atom. The SMILES string of the molecule is CC(=O)OC(C)(C)O[18O]C1CCCCO1. The maximum absolute atomic E-state index is 10.7. The number of carbonyl (C=O) groups is 1. The molecule has 1 aliphatic heterocycles. The molecule has 0 aromatic carbocycles. The van der Waals surface area contributed by atoms with Crippen LogP contribution in [-0.4, -0.2) is 24.7 Å². The first kappa shape index (κ1) is 12.4. The van der Waals surface area contributed by atoms with Crippen molar-refractivity contribution in [2.45, 2.75) is 52.1 Å². The van der Waals surface area contributed by atoms with Crippen LogP contribution >= 0.6 is 0 Å². The van der Waals surface area contributed by atoms with Gasteiger partial charge in [0.15, 0.2) is 6.29 Å². The highest BCUT2D eigenvalue weighted by Crippen LogP contribution is 2.18. The lowest BCUT2D eigenvalue weighted by molar-refractivity contribution is -0.459. The van der Waals surface area contributed by atoms with E-state index in [0.717, 1.165) is 19.3 Å². The van der Waals surface area contributed by atoms with Crippen LogP contribution in [0.3, 0.4) is 0 Å². The Labute approximate surface area is 89.6 Å². The molecule has 0 aromatic rings. The van der Waals surface area contributed by atoms with E-state index >= 15 is 0 Å². The minimum atomic E-state index is -1.08. The Kier molecular flexibility index (Phi) is 4.50. The Bertz CT molecular complexity index is 208. The van der Waals surface area contributed by atoms with Crippen molar-refractivity contribution in [1.82, 2.24) is 0 Å². The molecule has 0 amide bonds. The number of esters is 1. The summed E-state index contributed by atoms with van der Waals surface area (Å²) in [6, 6.07) is 0. The summed E-state index contributed by atoms with van der Waals surface area (Å²) >= 11 is 0. The second-order valence-electron chi connectivity index (χ2n) is 3.97. The second-order valence-corrected chi connectivity index (χ2v) is 3.97. The summed E-state index contributed by atoms with van der Waals surface area (Å²) in [7, 11) is 0. The second kappa shape index (κ2) is 5.44. The number of rotatable bonds is 4. The zero-order valence-electron chi connectivity index (χ0n) is 9.45. The molecular weight excluding hydrogens is 202 g/mol. The van der Waals surface area contributed by atoms with Crippen molar-refractivity contribution >= 4 is 5.97 Å². The highest BCUT2D eigenvalue weighted by Gasteiger charge is 2.26. The molecule has 0 bridgehead atoms. The molecule has 0 spiro atoms. The molecule has 1 aliphatic rings. The summed E-state index contributed by atoms with van der Waals surface area (Å²) in [4.78, 5) is 20.8. The van der Waals surface area contributed by atoms with E-state index in [4.69, 9.17) is 19.2 Å². The van der Waals surface area contributed by atoms with Crippen molar-refractivity contribution in [1.29, 1.82) is 0 Å². The number of hydrogen-bond donors (Lipinski definition) is 0. The summed E-state index contributed by atoms with van der Waals surface area (Å²) in [5.41, 5.74) is 0. The van der Waals surface area contributed by atoms with E-state index in [-0.39, 0.29) is 6.29 Å². The molecule has 0 N–H and O–H groups in total. The zero-order valence-corrected chi connectivity index (χ0v) is 9.45. The number of ether oxygens (including phenoxy) is 2. The smallest absolute Gasteiger partial charge is 0.305 e. The summed E-state index contributed by atoms with van der Waals surface area (Å²) in [6.07, 6.45) is 2.55. The van der Waals surface area contributed by atoms with Gasteiger partial charge in [-0.25, -0.2) is 4.89 Å². The summed E-state index contributed by atoms with van der Waals surface area (Å²) < 4.78 is 10.2. The topological polar surface area (TPSA) is 54.0 Å². The monoisotopic (exact) mass is 220 g/mol. The molecule has 0 radical (unpaired) electrons. The van der Waals surface area contributed by atoms with E-state index in [1.165, 1.54) is 6.92 Å². The molecule has 5 heteroatoms. The van der Waals surface area contributed by atoms with Gasteiger partial charge < -0.3 is 9.47 Å². The molecule has 0 saturated carbocycles. The quantitative estimate of drug-likeness (QED) is 0.237. The van der Waals surface area contributed by atoms with Gasteiger partial charge in [-0.2, -0.15) is 4.89 Å². The van der Waals surface area contributed by atoms with E-state index in [0.29, 0.717) is 6.61 Å². The summed E-state index contributed by atoms with van der Waals surface area (Å²) in [6.45, 7) is 5.22. The first-order valence-electron chi connectivity index (χ1n) is 5.15. The molecule has 1 fully saturated rings. The fraction of sp³-hybridized carbons (Fsp3) is 0.900. The van der Waals surface area contributed by atoms with Crippen molar-refractivity contribution < 1.29 is 24.0 Å². The fourth-order valence-corrected chi connectivity index (χ4v) is 1.32. The first-order valence-corrected chi connectivity index (χ1v) is 5.15.